The molecule has 0 amide bonds. The van der Waals surface area contributed by atoms with Crippen molar-refractivity contribution in [3.05, 3.63) is 0 Å². The molecule has 1 aliphatic heterocycles. The molecule has 11 heavy (non-hydrogen) atoms. The van der Waals surface area contributed by atoms with Crippen LogP contribution in [-0.4, -0.2) is 12.6 Å². The topological polar surface area (TPSA) is 16.6 Å². The van der Waals surface area contributed by atoms with Crippen LogP contribution in [0.3, 0.4) is 0 Å². The maximum Gasteiger partial charge on any atom is 0.0858 e. The Morgan fingerprint density at radius 3 is 1.91 bits per heavy atom. The standard InChI is InChI=1S/C6H13N.2C2H6/c1-2-6-4-3-5-7-6;2*1-2/h6-7H,2-5H2,1H3;2*1-2H3/p+1. The van der Waals surface area contributed by atoms with Gasteiger partial charge in [-0.3, -0.25) is 0 Å². The molecule has 1 rings (SSSR count). The largest absolute Gasteiger partial charge is 0.344 e. The molecule has 0 aromatic carbocycles. The van der Waals surface area contributed by atoms with Gasteiger partial charge in [-0.05, 0) is 6.42 Å². The number of quaternary nitrogens is 1. The van der Waals surface area contributed by atoms with E-state index in [9.17, 15) is 0 Å². The first-order valence-corrected chi connectivity index (χ1v) is 5.27. The number of hydrogen-bond donors (Lipinski definition) is 1. The first kappa shape index (κ1) is 13.5. The van der Waals surface area contributed by atoms with Crippen LogP contribution in [0.1, 0.15) is 53.9 Å². The zero-order valence-electron chi connectivity index (χ0n) is 8.98. The minimum Gasteiger partial charge on any atom is -0.344 e. The number of hydrogen-bond acceptors (Lipinski definition) is 0. The van der Waals surface area contributed by atoms with Crippen molar-refractivity contribution in [3.8, 4) is 0 Å². The van der Waals surface area contributed by atoms with Crippen LogP contribution in [0.5, 0.6) is 0 Å². The van der Waals surface area contributed by atoms with Crippen LogP contribution in [0.25, 0.3) is 0 Å². The van der Waals surface area contributed by atoms with Crippen LogP contribution in [-0.2, 0) is 0 Å². The summed E-state index contributed by atoms with van der Waals surface area (Å²) < 4.78 is 0. The Bertz CT molecular complexity index is 46.8. The molecule has 0 aliphatic carbocycles. The fourth-order valence-corrected chi connectivity index (χ4v) is 1.22. The van der Waals surface area contributed by atoms with Gasteiger partial charge in [0.25, 0.3) is 0 Å². The van der Waals surface area contributed by atoms with Gasteiger partial charge in [0.2, 0.25) is 0 Å². The average molecular weight is 160 g/mol. The second-order valence-corrected chi connectivity index (χ2v) is 2.33. The van der Waals surface area contributed by atoms with Crippen LogP contribution in [0.15, 0.2) is 0 Å². The highest BCUT2D eigenvalue weighted by molar-refractivity contribution is 4.55. The lowest BCUT2D eigenvalue weighted by Gasteiger charge is -1.98. The molecular weight excluding hydrogens is 134 g/mol. The van der Waals surface area contributed by atoms with Crippen molar-refractivity contribution in [2.75, 3.05) is 6.54 Å². The fraction of sp³-hybridized carbons (Fsp3) is 1.00. The first-order valence-electron chi connectivity index (χ1n) is 5.27. The fourth-order valence-electron chi connectivity index (χ4n) is 1.22. The predicted octanol–water partition coefficient (Wildman–Crippen LogP) is 2.17. The molecule has 1 unspecified atom stereocenters. The SMILES string of the molecule is CC.CC.CCC1CCC[NH2+]1. The molecule has 0 spiro atoms. The highest BCUT2D eigenvalue weighted by atomic mass is 14.9. The lowest BCUT2D eigenvalue weighted by molar-refractivity contribution is -0.670. The molecule has 70 valence electrons. The minimum absolute atomic E-state index is 0.972. The molecule has 1 fully saturated rings. The highest BCUT2D eigenvalue weighted by Crippen LogP contribution is 1.99. The monoisotopic (exact) mass is 160 g/mol. The van der Waals surface area contributed by atoms with Crippen LogP contribution in [0, 0.1) is 0 Å². The summed E-state index contributed by atoms with van der Waals surface area (Å²) in [6, 6.07) is 0.972. The van der Waals surface area contributed by atoms with E-state index in [2.05, 4.69) is 12.2 Å². The number of rotatable bonds is 1. The average Bonchev–Trinajstić information content (AvgIpc) is 2.63. The summed E-state index contributed by atoms with van der Waals surface area (Å²) in [6.45, 7) is 11.6. The van der Waals surface area contributed by atoms with E-state index in [1.807, 2.05) is 27.7 Å². The number of nitrogens with two attached hydrogens (primary N) is 1. The third-order valence-corrected chi connectivity index (χ3v) is 1.80. The zero-order chi connectivity index (χ0) is 9.11. The van der Waals surface area contributed by atoms with Crippen molar-refractivity contribution in [1.82, 2.24) is 0 Å². The molecule has 1 heterocycles. The Balaban J connectivity index is 0. The van der Waals surface area contributed by atoms with E-state index in [4.69, 9.17) is 0 Å². The normalized spacial score (nSPS) is 21.0. The maximum atomic E-state index is 2.46. The first-order chi connectivity index (χ1) is 5.43. The smallest absolute Gasteiger partial charge is 0.0858 e. The van der Waals surface area contributed by atoms with Gasteiger partial charge in [-0.1, -0.05) is 34.6 Å². The highest BCUT2D eigenvalue weighted by Gasteiger charge is 2.14. The Labute approximate surface area is 72.6 Å². The molecule has 2 N–H and O–H groups in total. The molecule has 1 nitrogen and oxygen atoms in total. The Kier molecular flexibility index (Phi) is 15.5. The van der Waals surface area contributed by atoms with Crippen molar-refractivity contribution >= 4 is 0 Å². The van der Waals surface area contributed by atoms with Crippen molar-refractivity contribution in [1.29, 1.82) is 0 Å². The van der Waals surface area contributed by atoms with Gasteiger partial charge in [0.05, 0.1) is 12.6 Å². The van der Waals surface area contributed by atoms with E-state index in [0.29, 0.717) is 0 Å². The van der Waals surface area contributed by atoms with E-state index >= 15 is 0 Å². The van der Waals surface area contributed by atoms with E-state index in [1.165, 1.54) is 25.8 Å². The molecule has 0 radical (unpaired) electrons. The maximum absolute atomic E-state index is 2.46. The summed E-state index contributed by atoms with van der Waals surface area (Å²) in [5, 5.41) is 2.46. The molecule has 0 bridgehead atoms. The second kappa shape index (κ2) is 12.6. The predicted molar refractivity (Wildman–Crippen MR) is 52.8 cm³/mol. The quantitative estimate of drug-likeness (QED) is 0.605. The van der Waals surface area contributed by atoms with Crippen molar-refractivity contribution in [2.24, 2.45) is 0 Å². The van der Waals surface area contributed by atoms with E-state index in [1.54, 1.807) is 0 Å². The lowest BCUT2D eigenvalue weighted by atomic mass is 10.2. The van der Waals surface area contributed by atoms with Gasteiger partial charge in [-0.15, -0.1) is 0 Å². The molecule has 1 heteroatoms. The molecule has 0 saturated carbocycles. The van der Waals surface area contributed by atoms with Gasteiger partial charge < -0.3 is 5.32 Å². The molecule has 0 aromatic rings. The van der Waals surface area contributed by atoms with Gasteiger partial charge in [0.1, 0.15) is 0 Å². The van der Waals surface area contributed by atoms with E-state index in [-0.39, 0.29) is 0 Å². The van der Waals surface area contributed by atoms with Crippen molar-refractivity contribution in [2.45, 2.75) is 59.9 Å². The second-order valence-electron chi connectivity index (χ2n) is 2.33. The third-order valence-electron chi connectivity index (χ3n) is 1.80. The molecule has 1 saturated heterocycles. The van der Waals surface area contributed by atoms with E-state index < -0.39 is 0 Å². The summed E-state index contributed by atoms with van der Waals surface area (Å²) in [4.78, 5) is 0. The summed E-state index contributed by atoms with van der Waals surface area (Å²) in [5.41, 5.74) is 0. The Morgan fingerprint density at radius 2 is 1.73 bits per heavy atom. The molecule has 1 atom stereocenters. The summed E-state index contributed by atoms with van der Waals surface area (Å²) in [7, 11) is 0. The van der Waals surface area contributed by atoms with E-state index in [0.717, 1.165) is 6.04 Å². The zero-order valence-corrected chi connectivity index (χ0v) is 8.98. The van der Waals surface area contributed by atoms with Gasteiger partial charge in [0, 0.05) is 12.8 Å². The molecule has 0 aromatic heterocycles. The van der Waals surface area contributed by atoms with Gasteiger partial charge in [-0.2, -0.15) is 0 Å². The van der Waals surface area contributed by atoms with Crippen LogP contribution in [0.2, 0.25) is 0 Å². The molecular formula is C10H26N+. The Hall–Kier alpha value is -0.0400. The van der Waals surface area contributed by atoms with Crippen LogP contribution >= 0.6 is 0 Å². The summed E-state index contributed by atoms with van der Waals surface area (Å²) in [6.07, 6.45) is 4.26. The van der Waals surface area contributed by atoms with Gasteiger partial charge in [-0.25, -0.2) is 0 Å². The Morgan fingerprint density at radius 1 is 1.18 bits per heavy atom. The van der Waals surface area contributed by atoms with Gasteiger partial charge >= 0.3 is 0 Å². The summed E-state index contributed by atoms with van der Waals surface area (Å²) >= 11 is 0. The lowest BCUT2D eigenvalue weighted by Crippen LogP contribution is -2.86. The minimum atomic E-state index is 0.972. The molecule has 1 aliphatic rings. The van der Waals surface area contributed by atoms with Crippen molar-refractivity contribution in [3.63, 3.8) is 0 Å². The van der Waals surface area contributed by atoms with Gasteiger partial charge in [0.15, 0.2) is 0 Å². The van der Waals surface area contributed by atoms with Crippen LogP contribution in [0.4, 0.5) is 0 Å². The van der Waals surface area contributed by atoms with Crippen molar-refractivity contribution < 1.29 is 5.32 Å². The third kappa shape index (κ3) is 7.86. The summed E-state index contributed by atoms with van der Waals surface area (Å²) in [5.74, 6) is 0. The van der Waals surface area contributed by atoms with Crippen LogP contribution < -0.4 is 5.32 Å².